The zero-order valence-corrected chi connectivity index (χ0v) is 18.4. The first-order valence-corrected chi connectivity index (χ1v) is 10.6. The number of rotatable bonds is 9. The van der Waals surface area contributed by atoms with E-state index in [-0.39, 0.29) is 24.0 Å². The molecule has 1 aliphatic heterocycles. The average Bonchev–Trinajstić information content (AvgIpc) is 2.52. The lowest BCUT2D eigenvalue weighted by Gasteiger charge is -2.34. The summed E-state index contributed by atoms with van der Waals surface area (Å²) in [6.45, 7) is 7.09. The number of unbranched alkanes of at least 4 members (excludes halogenated alkanes) is 3. The molecule has 1 heterocycles. The Morgan fingerprint density at radius 3 is 2.33 bits per heavy atom. The Morgan fingerprint density at radius 2 is 1.79 bits per heavy atom. The monoisotopic (exact) mass is 475 g/mol. The molecule has 0 aliphatic carbocycles. The van der Waals surface area contributed by atoms with Crippen molar-refractivity contribution in [3.05, 3.63) is 0 Å². The molecule has 6 nitrogen and oxygen atoms in total. The normalized spacial score (nSPS) is 17.9. The Labute approximate surface area is 164 Å². The molecule has 144 valence electrons. The molecular weight excluding hydrogens is 441 g/mol. The third-order valence-corrected chi connectivity index (χ3v) is 6.49. The molecule has 0 bridgehead atoms. The lowest BCUT2D eigenvalue weighted by molar-refractivity contribution is 0.0768. The highest BCUT2D eigenvalue weighted by molar-refractivity contribution is 14.0. The van der Waals surface area contributed by atoms with Gasteiger partial charge in [-0.05, 0) is 26.2 Å². The standard InChI is InChI=1S/C16H33N3O3S.HI/c1-4-6-7-8-11-18-15(17-5-2)19-14-16(23(3,20)21)9-12-22-13-10-16;/h4-14H2,1-3H3,(H2,17,18,19);1H. The molecule has 0 aromatic heterocycles. The summed E-state index contributed by atoms with van der Waals surface area (Å²) < 4.78 is 29.0. The third kappa shape index (κ3) is 7.86. The van der Waals surface area contributed by atoms with E-state index in [0.717, 1.165) is 19.5 Å². The number of nitrogens with one attached hydrogen (secondary N) is 2. The lowest BCUT2D eigenvalue weighted by atomic mass is 9.99. The van der Waals surface area contributed by atoms with Crippen molar-refractivity contribution < 1.29 is 13.2 Å². The molecule has 0 saturated carbocycles. The van der Waals surface area contributed by atoms with Gasteiger partial charge < -0.3 is 15.4 Å². The number of aliphatic imine (C=N–C) groups is 1. The van der Waals surface area contributed by atoms with Crippen molar-refractivity contribution in [2.75, 3.05) is 39.1 Å². The van der Waals surface area contributed by atoms with Crippen molar-refractivity contribution in [3.63, 3.8) is 0 Å². The summed E-state index contributed by atoms with van der Waals surface area (Å²) in [4.78, 5) is 4.55. The lowest BCUT2D eigenvalue weighted by Crippen LogP contribution is -2.47. The molecule has 0 aromatic rings. The van der Waals surface area contributed by atoms with Crippen molar-refractivity contribution in [2.45, 2.75) is 57.1 Å². The van der Waals surface area contributed by atoms with E-state index in [1.54, 1.807) is 0 Å². The highest BCUT2D eigenvalue weighted by Gasteiger charge is 2.42. The van der Waals surface area contributed by atoms with E-state index in [0.29, 0.717) is 38.6 Å². The van der Waals surface area contributed by atoms with Gasteiger partial charge in [-0.15, -0.1) is 24.0 Å². The second-order valence-corrected chi connectivity index (χ2v) is 8.66. The molecular formula is C16H34IN3O3S. The van der Waals surface area contributed by atoms with E-state index in [2.05, 4.69) is 22.5 Å². The number of hydrogen-bond acceptors (Lipinski definition) is 4. The van der Waals surface area contributed by atoms with Gasteiger partial charge in [0.1, 0.15) is 0 Å². The molecule has 1 aliphatic rings. The molecule has 1 fully saturated rings. The molecule has 0 aromatic carbocycles. The van der Waals surface area contributed by atoms with Gasteiger partial charge in [0.2, 0.25) is 0 Å². The molecule has 1 saturated heterocycles. The van der Waals surface area contributed by atoms with E-state index in [1.807, 2.05) is 6.92 Å². The van der Waals surface area contributed by atoms with Crippen LogP contribution in [0.25, 0.3) is 0 Å². The molecule has 0 amide bonds. The first kappa shape index (κ1) is 23.9. The van der Waals surface area contributed by atoms with Crippen molar-refractivity contribution in [1.82, 2.24) is 10.6 Å². The molecule has 0 spiro atoms. The number of guanidine groups is 1. The maximum absolute atomic E-state index is 12.2. The Hall–Kier alpha value is -0.0900. The van der Waals surface area contributed by atoms with Crippen LogP contribution in [0.15, 0.2) is 4.99 Å². The van der Waals surface area contributed by atoms with Crippen LogP contribution in [-0.2, 0) is 14.6 Å². The SMILES string of the molecule is CCCCCCNC(=NCC1(S(C)(=O)=O)CCOCC1)NCC.I. The van der Waals surface area contributed by atoms with Gasteiger partial charge in [-0.3, -0.25) is 4.99 Å². The molecule has 1 rings (SSSR count). The van der Waals surface area contributed by atoms with Crippen molar-refractivity contribution in [3.8, 4) is 0 Å². The summed E-state index contributed by atoms with van der Waals surface area (Å²) in [6.07, 6.45) is 7.12. The van der Waals surface area contributed by atoms with Crippen LogP contribution in [0.1, 0.15) is 52.4 Å². The molecule has 0 atom stereocenters. The summed E-state index contributed by atoms with van der Waals surface area (Å²) >= 11 is 0. The highest BCUT2D eigenvalue weighted by Crippen LogP contribution is 2.29. The Bertz CT molecular complexity index is 463. The van der Waals surface area contributed by atoms with E-state index in [1.165, 1.54) is 25.5 Å². The van der Waals surface area contributed by atoms with Gasteiger partial charge in [-0.2, -0.15) is 0 Å². The molecule has 0 radical (unpaired) electrons. The molecule has 2 N–H and O–H groups in total. The number of sulfone groups is 1. The zero-order chi connectivity index (χ0) is 17.2. The Morgan fingerprint density at radius 1 is 1.12 bits per heavy atom. The minimum atomic E-state index is -3.17. The summed E-state index contributed by atoms with van der Waals surface area (Å²) in [5.41, 5.74) is 0. The molecule has 8 heteroatoms. The number of ether oxygens (including phenoxy) is 1. The average molecular weight is 475 g/mol. The van der Waals surface area contributed by atoms with Gasteiger partial charge in [0.25, 0.3) is 0 Å². The van der Waals surface area contributed by atoms with Crippen LogP contribution in [0.5, 0.6) is 0 Å². The summed E-state index contributed by atoms with van der Waals surface area (Å²) in [5.74, 6) is 0.707. The van der Waals surface area contributed by atoms with Crippen LogP contribution in [0.2, 0.25) is 0 Å². The van der Waals surface area contributed by atoms with Gasteiger partial charge in [-0.25, -0.2) is 8.42 Å². The fourth-order valence-electron chi connectivity index (χ4n) is 2.71. The van der Waals surface area contributed by atoms with Gasteiger partial charge in [0.05, 0.1) is 11.3 Å². The third-order valence-electron chi connectivity index (χ3n) is 4.38. The van der Waals surface area contributed by atoms with Crippen LogP contribution in [0, 0.1) is 0 Å². The largest absolute Gasteiger partial charge is 0.381 e. The quantitative estimate of drug-likeness (QED) is 0.232. The van der Waals surface area contributed by atoms with Crippen LogP contribution < -0.4 is 10.6 Å². The van der Waals surface area contributed by atoms with Crippen molar-refractivity contribution in [1.29, 1.82) is 0 Å². The van der Waals surface area contributed by atoms with Crippen LogP contribution in [0.3, 0.4) is 0 Å². The Balaban J connectivity index is 0.00000529. The first-order chi connectivity index (χ1) is 10.9. The van der Waals surface area contributed by atoms with E-state index in [4.69, 9.17) is 4.74 Å². The number of hydrogen-bond donors (Lipinski definition) is 2. The van der Waals surface area contributed by atoms with E-state index in [9.17, 15) is 8.42 Å². The summed E-state index contributed by atoms with van der Waals surface area (Å²) in [7, 11) is -3.17. The van der Waals surface area contributed by atoms with E-state index < -0.39 is 14.6 Å². The second-order valence-electron chi connectivity index (χ2n) is 6.25. The van der Waals surface area contributed by atoms with Crippen molar-refractivity contribution >= 4 is 39.8 Å². The predicted molar refractivity (Wildman–Crippen MR) is 111 cm³/mol. The second kappa shape index (κ2) is 12.3. The fraction of sp³-hybridized carbons (Fsp3) is 0.938. The number of nitrogens with zero attached hydrogens (tertiary/aromatic N) is 1. The van der Waals surface area contributed by atoms with Gasteiger partial charge in [0, 0.05) is 32.6 Å². The van der Waals surface area contributed by atoms with Crippen LogP contribution >= 0.6 is 24.0 Å². The maximum Gasteiger partial charge on any atom is 0.191 e. The maximum atomic E-state index is 12.2. The summed E-state index contributed by atoms with van der Waals surface area (Å²) in [5, 5.41) is 6.50. The summed E-state index contributed by atoms with van der Waals surface area (Å²) in [6, 6.07) is 0. The van der Waals surface area contributed by atoms with Gasteiger partial charge >= 0.3 is 0 Å². The van der Waals surface area contributed by atoms with Crippen LogP contribution in [-0.4, -0.2) is 58.2 Å². The number of halogens is 1. The first-order valence-electron chi connectivity index (χ1n) is 8.74. The van der Waals surface area contributed by atoms with E-state index >= 15 is 0 Å². The molecule has 0 unspecified atom stereocenters. The minimum absolute atomic E-state index is 0. The fourth-order valence-corrected chi connectivity index (χ4v) is 3.92. The predicted octanol–water partition coefficient (Wildman–Crippen LogP) is 2.33. The highest BCUT2D eigenvalue weighted by atomic mass is 127. The van der Waals surface area contributed by atoms with Gasteiger partial charge in [-0.1, -0.05) is 26.2 Å². The Kier molecular flexibility index (Phi) is 12.2. The van der Waals surface area contributed by atoms with Crippen LogP contribution in [0.4, 0.5) is 0 Å². The smallest absolute Gasteiger partial charge is 0.191 e. The topological polar surface area (TPSA) is 79.8 Å². The zero-order valence-electron chi connectivity index (χ0n) is 15.3. The minimum Gasteiger partial charge on any atom is -0.381 e. The van der Waals surface area contributed by atoms with Crippen molar-refractivity contribution in [2.24, 2.45) is 4.99 Å². The van der Waals surface area contributed by atoms with Gasteiger partial charge in [0.15, 0.2) is 15.8 Å². The molecule has 24 heavy (non-hydrogen) atoms.